The second-order valence-corrected chi connectivity index (χ2v) is 8.03. The maximum atomic E-state index is 12.7. The summed E-state index contributed by atoms with van der Waals surface area (Å²) in [7, 11) is 1.53. The molecule has 0 saturated carbocycles. The van der Waals surface area contributed by atoms with Crippen LogP contribution in [0.25, 0.3) is 6.08 Å². The van der Waals surface area contributed by atoms with Crippen molar-refractivity contribution >= 4 is 29.0 Å². The van der Waals surface area contributed by atoms with E-state index in [1.54, 1.807) is 12.2 Å². The number of hydrogen-bond acceptors (Lipinski definition) is 6. The average Bonchev–Trinajstić information content (AvgIpc) is 3.05. The van der Waals surface area contributed by atoms with E-state index in [1.165, 1.54) is 12.0 Å². The minimum atomic E-state index is -0.315. The molecular weight excluding hydrogens is 426 g/mol. The molecule has 6 nitrogen and oxygen atoms in total. The van der Waals surface area contributed by atoms with E-state index in [-0.39, 0.29) is 17.7 Å². The highest BCUT2D eigenvalue weighted by Gasteiger charge is 2.34. The maximum Gasteiger partial charge on any atom is 0.293 e. The summed E-state index contributed by atoms with van der Waals surface area (Å²) in [6.07, 6.45) is 4.08. The first kappa shape index (κ1) is 23.6. The number of methoxy groups -OCH3 is 1. The predicted octanol–water partition coefficient (Wildman–Crippen LogP) is 5.08. The van der Waals surface area contributed by atoms with Crippen molar-refractivity contribution < 1.29 is 23.8 Å². The fraction of sp³-hybridized carbons (Fsp3) is 0.280. The Bertz CT molecular complexity index is 1000. The third-order valence-electron chi connectivity index (χ3n) is 4.73. The van der Waals surface area contributed by atoms with Gasteiger partial charge in [-0.05, 0) is 54.4 Å². The molecule has 1 aliphatic heterocycles. The van der Waals surface area contributed by atoms with Crippen LogP contribution in [0.1, 0.15) is 23.6 Å². The van der Waals surface area contributed by atoms with Crippen molar-refractivity contribution in [3.05, 3.63) is 76.7 Å². The number of ether oxygens (including phenoxy) is 3. The average molecular weight is 454 g/mol. The molecule has 0 spiro atoms. The van der Waals surface area contributed by atoms with Crippen LogP contribution >= 0.6 is 11.8 Å². The second-order valence-electron chi connectivity index (χ2n) is 7.03. The van der Waals surface area contributed by atoms with Crippen molar-refractivity contribution in [2.24, 2.45) is 0 Å². The molecule has 0 aliphatic carbocycles. The SMILES string of the molecule is C=CCc1cc(/C=C2/SC(=O)N(CCOC)C2=O)cc(OCC)c1OCc1ccccc1. The quantitative estimate of drug-likeness (QED) is 0.349. The zero-order valence-electron chi connectivity index (χ0n) is 18.3. The van der Waals surface area contributed by atoms with Crippen molar-refractivity contribution in [3.8, 4) is 11.5 Å². The number of carbonyl (C=O) groups excluding carboxylic acids is 2. The molecule has 0 unspecified atom stereocenters. The Labute approximate surface area is 192 Å². The Hall–Kier alpha value is -3.03. The summed E-state index contributed by atoms with van der Waals surface area (Å²) in [4.78, 5) is 26.5. The van der Waals surface area contributed by atoms with Crippen LogP contribution in [0.3, 0.4) is 0 Å². The summed E-state index contributed by atoms with van der Waals surface area (Å²) < 4.78 is 17.0. The first-order valence-electron chi connectivity index (χ1n) is 10.4. The fourth-order valence-electron chi connectivity index (χ4n) is 3.26. The van der Waals surface area contributed by atoms with E-state index in [9.17, 15) is 9.59 Å². The molecule has 1 aliphatic rings. The van der Waals surface area contributed by atoms with Crippen LogP contribution < -0.4 is 9.47 Å². The van der Waals surface area contributed by atoms with Crippen LogP contribution in [0.15, 0.2) is 60.0 Å². The molecule has 2 amide bonds. The zero-order valence-corrected chi connectivity index (χ0v) is 19.2. The van der Waals surface area contributed by atoms with Gasteiger partial charge in [0.05, 0.1) is 24.7 Å². The van der Waals surface area contributed by atoms with Gasteiger partial charge in [-0.2, -0.15) is 0 Å². The van der Waals surface area contributed by atoms with Crippen LogP contribution in [0.2, 0.25) is 0 Å². The maximum absolute atomic E-state index is 12.7. The van der Waals surface area contributed by atoms with Crippen LogP contribution in [-0.2, 0) is 22.6 Å². The molecule has 3 rings (SSSR count). The monoisotopic (exact) mass is 453 g/mol. The van der Waals surface area contributed by atoms with Gasteiger partial charge >= 0.3 is 0 Å². The lowest BCUT2D eigenvalue weighted by atomic mass is 10.0. The first-order chi connectivity index (χ1) is 15.6. The van der Waals surface area contributed by atoms with Crippen molar-refractivity contribution in [1.29, 1.82) is 0 Å². The summed E-state index contributed by atoms with van der Waals surface area (Å²) in [5, 5.41) is -0.294. The van der Waals surface area contributed by atoms with Gasteiger partial charge in [-0.15, -0.1) is 6.58 Å². The van der Waals surface area contributed by atoms with E-state index in [4.69, 9.17) is 14.2 Å². The summed E-state index contributed by atoms with van der Waals surface area (Å²) >= 11 is 0.928. The summed E-state index contributed by atoms with van der Waals surface area (Å²) in [5.41, 5.74) is 2.70. The summed E-state index contributed by atoms with van der Waals surface area (Å²) in [6, 6.07) is 13.7. The molecule has 1 saturated heterocycles. The number of rotatable bonds is 11. The molecule has 0 atom stereocenters. The van der Waals surface area contributed by atoms with E-state index in [0.29, 0.717) is 42.6 Å². The van der Waals surface area contributed by atoms with Crippen molar-refractivity contribution in [1.82, 2.24) is 4.90 Å². The van der Waals surface area contributed by atoms with Gasteiger partial charge in [-0.25, -0.2) is 0 Å². The largest absolute Gasteiger partial charge is 0.490 e. The number of amides is 2. The van der Waals surface area contributed by atoms with Crippen molar-refractivity contribution in [3.63, 3.8) is 0 Å². The molecular formula is C25H27NO5S. The van der Waals surface area contributed by atoms with Crippen LogP contribution in [0.4, 0.5) is 4.79 Å². The van der Waals surface area contributed by atoms with Crippen LogP contribution in [0, 0.1) is 0 Å². The second kappa shape index (κ2) is 11.5. The van der Waals surface area contributed by atoms with Gasteiger partial charge in [-0.3, -0.25) is 14.5 Å². The topological polar surface area (TPSA) is 65.1 Å². The highest BCUT2D eigenvalue weighted by atomic mass is 32.2. The minimum Gasteiger partial charge on any atom is -0.490 e. The molecule has 0 radical (unpaired) electrons. The van der Waals surface area contributed by atoms with E-state index >= 15 is 0 Å². The van der Waals surface area contributed by atoms with Gasteiger partial charge in [0.25, 0.3) is 11.1 Å². The Balaban J connectivity index is 1.92. The molecule has 7 heteroatoms. The minimum absolute atomic E-state index is 0.233. The number of carbonyl (C=O) groups is 2. The third kappa shape index (κ3) is 5.81. The standard InChI is InChI=1S/C25H27NO5S/c1-4-9-20-14-19(16-22-24(27)26(12-13-29-3)25(28)32-22)15-21(30-5-2)23(20)31-17-18-10-7-6-8-11-18/h4,6-8,10-11,14-16H,1,5,9,12-13,17H2,2-3H3/b22-16+. The van der Waals surface area contributed by atoms with E-state index in [1.807, 2.05) is 49.4 Å². The Morgan fingerprint density at radius 3 is 2.59 bits per heavy atom. The number of allylic oxidation sites excluding steroid dienone is 1. The zero-order chi connectivity index (χ0) is 22.9. The predicted molar refractivity (Wildman–Crippen MR) is 127 cm³/mol. The van der Waals surface area contributed by atoms with Gasteiger partial charge in [0, 0.05) is 12.7 Å². The number of imide groups is 1. The molecule has 1 heterocycles. The van der Waals surface area contributed by atoms with Gasteiger partial charge in [0.2, 0.25) is 0 Å². The van der Waals surface area contributed by atoms with E-state index in [2.05, 4.69) is 6.58 Å². The number of nitrogens with zero attached hydrogens (tertiary/aromatic N) is 1. The lowest BCUT2D eigenvalue weighted by Gasteiger charge is -2.17. The third-order valence-corrected chi connectivity index (χ3v) is 5.64. The molecule has 2 aromatic rings. The van der Waals surface area contributed by atoms with E-state index in [0.717, 1.165) is 28.5 Å². The molecule has 2 aromatic carbocycles. The molecule has 0 N–H and O–H groups in total. The summed E-state index contributed by atoms with van der Waals surface area (Å²) in [6.45, 7) is 7.16. The summed E-state index contributed by atoms with van der Waals surface area (Å²) in [5.74, 6) is 0.929. The van der Waals surface area contributed by atoms with Crippen molar-refractivity contribution in [2.45, 2.75) is 20.0 Å². The van der Waals surface area contributed by atoms with Gasteiger partial charge in [-0.1, -0.05) is 36.4 Å². The lowest BCUT2D eigenvalue weighted by molar-refractivity contribution is -0.123. The number of benzene rings is 2. The Morgan fingerprint density at radius 1 is 1.12 bits per heavy atom. The fourth-order valence-corrected chi connectivity index (χ4v) is 4.12. The molecule has 0 aromatic heterocycles. The smallest absolute Gasteiger partial charge is 0.293 e. The Morgan fingerprint density at radius 2 is 1.91 bits per heavy atom. The molecule has 0 bridgehead atoms. The van der Waals surface area contributed by atoms with Crippen LogP contribution in [-0.4, -0.2) is 42.9 Å². The Kier molecular flexibility index (Phi) is 8.53. The van der Waals surface area contributed by atoms with Gasteiger partial charge in [0.15, 0.2) is 11.5 Å². The number of hydrogen-bond donors (Lipinski definition) is 0. The van der Waals surface area contributed by atoms with Crippen molar-refractivity contribution in [2.75, 3.05) is 26.9 Å². The van der Waals surface area contributed by atoms with E-state index < -0.39 is 0 Å². The molecule has 1 fully saturated rings. The first-order valence-corrected chi connectivity index (χ1v) is 11.2. The highest BCUT2D eigenvalue weighted by molar-refractivity contribution is 8.18. The molecule has 168 valence electrons. The van der Waals surface area contributed by atoms with Gasteiger partial charge < -0.3 is 14.2 Å². The van der Waals surface area contributed by atoms with Gasteiger partial charge in [0.1, 0.15) is 6.61 Å². The normalized spacial score (nSPS) is 14.8. The lowest BCUT2D eigenvalue weighted by Crippen LogP contribution is -2.31. The molecule has 32 heavy (non-hydrogen) atoms. The van der Waals surface area contributed by atoms with Crippen LogP contribution in [0.5, 0.6) is 11.5 Å². The highest BCUT2D eigenvalue weighted by Crippen LogP contribution is 2.37. The number of thioether (sulfide) groups is 1.